The predicted molar refractivity (Wildman–Crippen MR) is 125 cm³/mol. The number of nitrogens with zero attached hydrogens (tertiary/aromatic N) is 1. The summed E-state index contributed by atoms with van der Waals surface area (Å²) in [7, 11) is 0. The van der Waals surface area contributed by atoms with Gasteiger partial charge in [0.2, 0.25) is 0 Å². The zero-order chi connectivity index (χ0) is 22.3. The van der Waals surface area contributed by atoms with Crippen molar-refractivity contribution in [2.75, 3.05) is 19.7 Å². The summed E-state index contributed by atoms with van der Waals surface area (Å²) in [6.07, 6.45) is -0.110. The first kappa shape index (κ1) is 20.8. The second-order valence-corrected chi connectivity index (χ2v) is 9.29. The molecule has 1 atom stereocenters. The van der Waals surface area contributed by atoms with Crippen LogP contribution in [-0.2, 0) is 14.9 Å². The molecule has 3 aromatic carbocycles. The van der Waals surface area contributed by atoms with Crippen molar-refractivity contribution in [1.29, 1.82) is 0 Å². The first-order chi connectivity index (χ1) is 15.5. The van der Waals surface area contributed by atoms with Crippen LogP contribution in [0.15, 0.2) is 77.3 Å². The number of amides is 1. The van der Waals surface area contributed by atoms with Crippen LogP contribution in [0.5, 0.6) is 0 Å². The van der Waals surface area contributed by atoms with E-state index in [1.165, 1.54) is 16.0 Å². The molecule has 5 nitrogen and oxygen atoms in total. The summed E-state index contributed by atoms with van der Waals surface area (Å²) >= 11 is 3.39. The summed E-state index contributed by atoms with van der Waals surface area (Å²) in [6.45, 7) is 0.668. The summed E-state index contributed by atoms with van der Waals surface area (Å²) in [5, 5.41) is 10.0. The minimum atomic E-state index is -1.12. The average Bonchev–Trinajstić information content (AvgIpc) is 3.39. The van der Waals surface area contributed by atoms with Crippen LogP contribution in [0, 0.1) is 0 Å². The molecular weight excluding hydrogens is 470 g/mol. The third kappa shape index (κ3) is 3.39. The molecule has 32 heavy (non-hydrogen) atoms. The molecule has 1 aliphatic carbocycles. The van der Waals surface area contributed by atoms with Crippen molar-refractivity contribution in [1.82, 2.24) is 4.90 Å². The van der Waals surface area contributed by atoms with Crippen molar-refractivity contribution in [3.63, 3.8) is 0 Å². The number of fused-ring (bicyclic) bond motifs is 3. The number of carbonyl (C=O) groups is 2. The van der Waals surface area contributed by atoms with Gasteiger partial charge in [0.15, 0.2) is 0 Å². The van der Waals surface area contributed by atoms with E-state index in [-0.39, 0.29) is 19.1 Å². The van der Waals surface area contributed by atoms with Crippen LogP contribution < -0.4 is 0 Å². The van der Waals surface area contributed by atoms with E-state index < -0.39 is 17.5 Å². The Kier molecular flexibility index (Phi) is 5.25. The fourth-order valence-corrected chi connectivity index (χ4v) is 5.22. The number of carbonyl (C=O) groups excluding carboxylic acids is 1. The van der Waals surface area contributed by atoms with Gasteiger partial charge >= 0.3 is 12.1 Å². The quantitative estimate of drug-likeness (QED) is 0.528. The molecule has 6 heteroatoms. The lowest BCUT2D eigenvalue weighted by Gasteiger charge is -2.25. The van der Waals surface area contributed by atoms with Gasteiger partial charge in [-0.05, 0) is 46.4 Å². The van der Waals surface area contributed by atoms with Gasteiger partial charge in [-0.15, -0.1) is 0 Å². The fourth-order valence-electron chi connectivity index (χ4n) is 4.95. The summed E-state index contributed by atoms with van der Waals surface area (Å²) in [5.41, 5.74) is 4.22. The molecule has 1 amide bonds. The third-order valence-corrected chi connectivity index (χ3v) is 7.20. The van der Waals surface area contributed by atoms with Gasteiger partial charge in [0.25, 0.3) is 0 Å². The highest BCUT2D eigenvalue weighted by Gasteiger charge is 2.48. The lowest BCUT2D eigenvalue weighted by molar-refractivity contribution is -0.143. The molecule has 2 aliphatic rings. The van der Waals surface area contributed by atoms with Gasteiger partial charge in [-0.2, -0.15) is 0 Å². The smallest absolute Gasteiger partial charge is 0.409 e. The minimum absolute atomic E-state index is 0.0235. The summed E-state index contributed by atoms with van der Waals surface area (Å²) in [6, 6.07) is 23.6. The van der Waals surface area contributed by atoms with Crippen molar-refractivity contribution < 1.29 is 19.4 Å². The zero-order valence-corrected chi connectivity index (χ0v) is 18.9. The van der Waals surface area contributed by atoms with E-state index >= 15 is 0 Å². The normalized spacial score (nSPS) is 19.5. The summed E-state index contributed by atoms with van der Waals surface area (Å²) < 4.78 is 6.62. The van der Waals surface area contributed by atoms with Crippen LogP contribution in [0.3, 0.4) is 0 Å². The van der Waals surface area contributed by atoms with E-state index in [2.05, 4.69) is 40.2 Å². The number of carboxylic acids is 1. The second kappa shape index (κ2) is 8.10. The number of benzene rings is 3. The molecule has 0 bridgehead atoms. The van der Waals surface area contributed by atoms with Crippen LogP contribution in [-0.4, -0.2) is 41.8 Å². The van der Waals surface area contributed by atoms with E-state index in [0.29, 0.717) is 18.5 Å². The Labute approximate surface area is 194 Å². The Hall–Kier alpha value is -3.12. The van der Waals surface area contributed by atoms with Crippen LogP contribution in [0.4, 0.5) is 4.79 Å². The molecule has 0 saturated carbocycles. The maximum Gasteiger partial charge on any atom is 0.409 e. The molecule has 0 aromatic heterocycles. The molecule has 162 valence electrons. The summed E-state index contributed by atoms with van der Waals surface area (Å²) in [5.74, 6) is -0.946. The molecule has 1 saturated heterocycles. The maximum atomic E-state index is 12.9. The molecule has 1 N–H and O–H groups in total. The number of likely N-dealkylation sites (tertiary alicyclic amines) is 1. The maximum absolute atomic E-state index is 12.9. The van der Waals surface area contributed by atoms with Crippen molar-refractivity contribution in [2.45, 2.75) is 17.8 Å². The van der Waals surface area contributed by atoms with Gasteiger partial charge in [0.1, 0.15) is 12.0 Å². The number of rotatable bonds is 4. The molecule has 0 spiro atoms. The predicted octanol–water partition coefficient (Wildman–Crippen LogP) is 5.43. The average molecular weight is 492 g/mol. The van der Waals surface area contributed by atoms with Crippen LogP contribution in [0.25, 0.3) is 11.1 Å². The lowest BCUT2D eigenvalue weighted by Crippen LogP contribution is -2.40. The van der Waals surface area contributed by atoms with Gasteiger partial charge in [-0.1, -0.05) is 76.6 Å². The van der Waals surface area contributed by atoms with Crippen molar-refractivity contribution in [3.8, 4) is 11.1 Å². The lowest BCUT2D eigenvalue weighted by atomic mass is 9.80. The van der Waals surface area contributed by atoms with Crippen LogP contribution >= 0.6 is 15.9 Å². The molecule has 1 heterocycles. The standard InChI is InChI=1S/C26H22BrNO4/c27-18-11-9-17(10-12-18)26(24(29)30)13-14-28(16-26)25(31)32-15-23-21-7-3-1-5-19(21)20-6-2-4-8-22(20)23/h1-12,23H,13-16H2,(H,29,30). The highest BCUT2D eigenvalue weighted by molar-refractivity contribution is 9.10. The molecule has 5 rings (SSSR count). The first-order valence-electron chi connectivity index (χ1n) is 10.6. The third-order valence-electron chi connectivity index (χ3n) is 6.67. The zero-order valence-electron chi connectivity index (χ0n) is 17.3. The number of carboxylic acid groups (broad SMARTS) is 1. The largest absolute Gasteiger partial charge is 0.481 e. The topological polar surface area (TPSA) is 66.8 Å². The van der Waals surface area contributed by atoms with Crippen molar-refractivity contribution >= 4 is 28.0 Å². The molecule has 3 aromatic rings. The second-order valence-electron chi connectivity index (χ2n) is 8.37. The van der Waals surface area contributed by atoms with Gasteiger partial charge in [-0.3, -0.25) is 4.79 Å². The van der Waals surface area contributed by atoms with E-state index in [1.807, 2.05) is 36.4 Å². The number of hydrogen-bond donors (Lipinski definition) is 1. The highest BCUT2D eigenvalue weighted by atomic mass is 79.9. The van der Waals surface area contributed by atoms with Crippen molar-refractivity contribution in [2.24, 2.45) is 0 Å². The Morgan fingerprint density at radius 1 is 0.969 bits per heavy atom. The Morgan fingerprint density at radius 2 is 1.56 bits per heavy atom. The van der Waals surface area contributed by atoms with E-state index in [9.17, 15) is 14.7 Å². The molecule has 1 fully saturated rings. The monoisotopic (exact) mass is 491 g/mol. The Balaban J connectivity index is 1.32. The van der Waals surface area contributed by atoms with Crippen LogP contribution in [0.2, 0.25) is 0 Å². The van der Waals surface area contributed by atoms with E-state index in [1.54, 1.807) is 12.1 Å². The Morgan fingerprint density at radius 3 is 2.16 bits per heavy atom. The molecule has 1 aliphatic heterocycles. The highest BCUT2D eigenvalue weighted by Crippen LogP contribution is 2.44. The molecule has 0 radical (unpaired) electrons. The summed E-state index contributed by atoms with van der Waals surface area (Å²) in [4.78, 5) is 26.7. The number of ether oxygens (including phenoxy) is 1. The van der Waals surface area contributed by atoms with Gasteiger partial charge in [0.05, 0.1) is 0 Å². The van der Waals surface area contributed by atoms with Gasteiger partial charge < -0.3 is 14.7 Å². The van der Waals surface area contributed by atoms with Gasteiger partial charge in [-0.25, -0.2) is 4.79 Å². The number of hydrogen-bond acceptors (Lipinski definition) is 3. The SMILES string of the molecule is O=C(OCC1c2ccccc2-c2ccccc21)N1CCC(C(=O)O)(c2ccc(Br)cc2)C1. The fraction of sp³-hybridized carbons (Fsp3) is 0.231. The minimum Gasteiger partial charge on any atom is -0.481 e. The molecular formula is C26H22BrNO4. The van der Waals surface area contributed by atoms with E-state index in [0.717, 1.165) is 15.6 Å². The van der Waals surface area contributed by atoms with E-state index in [4.69, 9.17) is 4.74 Å². The van der Waals surface area contributed by atoms with Gasteiger partial charge in [0, 0.05) is 23.5 Å². The molecule has 1 unspecified atom stereocenters. The Bertz CT molecular complexity index is 1150. The first-order valence-corrected chi connectivity index (χ1v) is 11.4. The van der Waals surface area contributed by atoms with Crippen LogP contribution in [0.1, 0.15) is 29.0 Å². The number of halogens is 1. The number of aliphatic carboxylic acids is 1. The van der Waals surface area contributed by atoms with Crippen molar-refractivity contribution in [3.05, 3.63) is 94.0 Å².